The third-order valence-electron chi connectivity index (χ3n) is 5.13. The zero-order valence-corrected chi connectivity index (χ0v) is 22.9. The Morgan fingerprint density at radius 2 is 1.74 bits per heavy atom. The van der Waals surface area contributed by atoms with Gasteiger partial charge in [0.1, 0.15) is 23.4 Å². The summed E-state index contributed by atoms with van der Waals surface area (Å²) >= 11 is 4.29. The number of hydrogen-bond acceptors (Lipinski definition) is 6. The second kappa shape index (κ2) is 14.9. The summed E-state index contributed by atoms with van der Waals surface area (Å²) in [5, 5.41) is 15.6. The monoisotopic (exact) mass is 509 g/mol. The lowest BCUT2D eigenvalue weighted by atomic mass is 10.0. The molecular weight excluding hydrogens is 466 g/mol. The van der Waals surface area contributed by atoms with Gasteiger partial charge >= 0.3 is 6.09 Å². The maximum atomic E-state index is 13.7. The smallest absolute Gasteiger partial charge is 0.408 e. The number of hydrogen-bond donors (Lipinski definition) is 4. The van der Waals surface area contributed by atoms with Crippen LogP contribution in [0.5, 0.6) is 5.75 Å². The van der Waals surface area contributed by atoms with Crippen molar-refractivity contribution in [3.8, 4) is 5.75 Å². The molecule has 198 valence electrons. The number of carbonyl (C=O) groups excluding carboxylic acids is 3. The SMILES string of the molecule is CCCCCCCN(C(=O)C(CS)NC(=O)OC(C)(C)C)C(C(=O)NC(C)C)c1cccc(O)c1. The molecule has 0 saturated heterocycles. The predicted octanol–water partition coefficient (Wildman–Crippen LogP) is 4.58. The van der Waals surface area contributed by atoms with Gasteiger partial charge in [0.05, 0.1) is 0 Å². The van der Waals surface area contributed by atoms with Crippen LogP contribution in [0.15, 0.2) is 24.3 Å². The minimum atomic E-state index is -0.990. The van der Waals surface area contributed by atoms with E-state index in [2.05, 4.69) is 30.2 Å². The standard InChI is InChI=1S/C26H43N3O5S/c1-7-8-9-10-11-15-29(24(32)21(17-35)28-25(33)34-26(4,5)6)22(23(31)27-18(2)3)19-13-12-14-20(30)16-19/h12-14,16,18,21-22,30,35H,7-11,15,17H2,1-6H3,(H,27,31)(H,28,33). The van der Waals surface area contributed by atoms with Crippen molar-refractivity contribution in [2.45, 2.75) is 97.4 Å². The van der Waals surface area contributed by atoms with E-state index in [-0.39, 0.29) is 23.5 Å². The van der Waals surface area contributed by atoms with Crippen molar-refractivity contribution in [2.24, 2.45) is 0 Å². The molecule has 0 aliphatic carbocycles. The number of amides is 3. The summed E-state index contributed by atoms with van der Waals surface area (Å²) in [5.74, 6) is -0.766. The number of benzene rings is 1. The van der Waals surface area contributed by atoms with Gasteiger partial charge in [0.25, 0.3) is 0 Å². The summed E-state index contributed by atoms with van der Waals surface area (Å²) in [6.45, 7) is 11.3. The third kappa shape index (κ3) is 11.2. The molecule has 0 aliphatic heterocycles. The zero-order chi connectivity index (χ0) is 26.6. The van der Waals surface area contributed by atoms with Gasteiger partial charge in [0.2, 0.25) is 11.8 Å². The predicted molar refractivity (Wildman–Crippen MR) is 142 cm³/mol. The number of rotatable bonds is 13. The highest BCUT2D eigenvalue weighted by Crippen LogP contribution is 2.26. The van der Waals surface area contributed by atoms with Gasteiger partial charge in [-0.05, 0) is 58.7 Å². The van der Waals surface area contributed by atoms with Crippen molar-refractivity contribution < 1.29 is 24.2 Å². The molecule has 1 aromatic carbocycles. The average molecular weight is 510 g/mol. The first kappa shape index (κ1) is 30.6. The van der Waals surface area contributed by atoms with Crippen LogP contribution < -0.4 is 10.6 Å². The van der Waals surface area contributed by atoms with Crippen LogP contribution in [-0.4, -0.2) is 57.9 Å². The minimum absolute atomic E-state index is 0.00202. The number of alkyl carbamates (subject to hydrolysis) is 1. The van der Waals surface area contributed by atoms with Gasteiger partial charge in [-0.1, -0.05) is 44.7 Å². The third-order valence-corrected chi connectivity index (χ3v) is 5.50. The Bertz CT molecular complexity index is 825. The summed E-state index contributed by atoms with van der Waals surface area (Å²) in [6.07, 6.45) is 4.08. The number of phenolic OH excluding ortho intramolecular Hbond substituents is 1. The van der Waals surface area contributed by atoms with Crippen molar-refractivity contribution in [3.63, 3.8) is 0 Å². The maximum Gasteiger partial charge on any atom is 0.408 e. The van der Waals surface area contributed by atoms with Crippen molar-refractivity contribution in [1.29, 1.82) is 0 Å². The van der Waals surface area contributed by atoms with Gasteiger partial charge in [0, 0.05) is 18.3 Å². The fraction of sp³-hybridized carbons (Fsp3) is 0.654. The van der Waals surface area contributed by atoms with E-state index < -0.39 is 29.7 Å². The van der Waals surface area contributed by atoms with E-state index in [0.29, 0.717) is 18.5 Å². The molecule has 2 atom stereocenters. The second-order valence-electron chi connectivity index (χ2n) is 9.99. The minimum Gasteiger partial charge on any atom is -0.508 e. The molecule has 3 N–H and O–H groups in total. The number of phenols is 1. The van der Waals surface area contributed by atoms with E-state index in [9.17, 15) is 19.5 Å². The number of nitrogens with one attached hydrogen (secondary N) is 2. The molecule has 1 rings (SSSR count). The van der Waals surface area contributed by atoms with Crippen LogP contribution in [0.25, 0.3) is 0 Å². The Balaban J connectivity index is 3.33. The highest BCUT2D eigenvalue weighted by atomic mass is 32.1. The fourth-order valence-electron chi connectivity index (χ4n) is 3.62. The van der Waals surface area contributed by atoms with Crippen LogP contribution in [0.1, 0.15) is 85.3 Å². The molecule has 0 spiro atoms. The van der Waals surface area contributed by atoms with E-state index in [1.807, 2.05) is 13.8 Å². The lowest BCUT2D eigenvalue weighted by Gasteiger charge is -2.34. The van der Waals surface area contributed by atoms with Gasteiger partial charge in [-0.25, -0.2) is 4.79 Å². The van der Waals surface area contributed by atoms with E-state index in [0.717, 1.165) is 25.7 Å². The molecule has 0 saturated carbocycles. The summed E-state index contributed by atoms with van der Waals surface area (Å²) in [4.78, 5) is 41.0. The Labute approximate surface area is 215 Å². The highest BCUT2D eigenvalue weighted by Gasteiger charge is 2.36. The fourth-order valence-corrected chi connectivity index (χ4v) is 3.87. The molecule has 0 bridgehead atoms. The molecular formula is C26H43N3O5S. The van der Waals surface area contributed by atoms with Gasteiger partial charge in [-0.15, -0.1) is 0 Å². The van der Waals surface area contributed by atoms with Crippen LogP contribution in [0, 0.1) is 0 Å². The summed E-state index contributed by atoms with van der Waals surface area (Å²) < 4.78 is 5.32. The Hall–Kier alpha value is -2.42. The van der Waals surface area contributed by atoms with Crippen molar-refractivity contribution >= 4 is 30.5 Å². The second-order valence-corrected chi connectivity index (χ2v) is 10.4. The number of nitrogens with zero attached hydrogens (tertiary/aromatic N) is 1. The molecule has 2 unspecified atom stereocenters. The zero-order valence-electron chi connectivity index (χ0n) is 22.0. The molecule has 9 heteroatoms. The molecule has 0 aliphatic rings. The Kier molecular flexibility index (Phi) is 13.0. The molecule has 8 nitrogen and oxygen atoms in total. The number of ether oxygens (including phenoxy) is 1. The van der Waals surface area contributed by atoms with E-state index >= 15 is 0 Å². The van der Waals surface area contributed by atoms with Crippen LogP contribution in [0.2, 0.25) is 0 Å². The number of aromatic hydroxyl groups is 1. The number of carbonyl (C=O) groups is 3. The lowest BCUT2D eigenvalue weighted by molar-refractivity contribution is -0.142. The number of thiol groups is 1. The Morgan fingerprint density at radius 1 is 1.09 bits per heavy atom. The van der Waals surface area contributed by atoms with Crippen molar-refractivity contribution in [2.75, 3.05) is 12.3 Å². The Morgan fingerprint density at radius 3 is 2.29 bits per heavy atom. The first-order valence-corrected chi connectivity index (χ1v) is 13.0. The van der Waals surface area contributed by atoms with Crippen LogP contribution >= 0.6 is 12.6 Å². The maximum absolute atomic E-state index is 13.7. The lowest BCUT2D eigenvalue weighted by Crippen LogP contribution is -2.54. The summed E-state index contributed by atoms with van der Waals surface area (Å²) in [6, 6.07) is 4.22. The van der Waals surface area contributed by atoms with E-state index in [1.165, 1.54) is 17.0 Å². The summed E-state index contributed by atoms with van der Waals surface area (Å²) in [5.41, 5.74) is -0.241. The van der Waals surface area contributed by atoms with Crippen molar-refractivity contribution in [3.05, 3.63) is 29.8 Å². The highest BCUT2D eigenvalue weighted by molar-refractivity contribution is 7.80. The number of unbranched alkanes of at least 4 members (excludes halogenated alkanes) is 4. The van der Waals surface area contributed by atoms with Crippen molar-refractivity contribution in [1.82, 2.24) is 15.5 Å². The van der Waals surface area contributed by atoms with E-state index in [1.54, 1.807) is 32.9 Å². The van der Waals surface area contributed by atoms with Crippen LogP contribution in [0.3, 0.4) is 0 Å². The first-order valence-electron chi connectivity index (χ1n) is 12.4. The van der Waals surface area contributed by atoms with Gasteiger partial charge < -0.3 is 25.4 Å². The summed E-state index contributed by atoms with van der Waals surface area (Å²) in [7, 11) is 0. The molecule has 0 aromatic heterocycles. The molecule has 0 heterocycles. The van der Waals surface area contributed by atoms with Crippen LogP contribution in [0.4, 0.5) is 4.79 Å². The van der Waals surface area contributed by atoms with E-state index in [4.69, 9.17) is 4.74 Å². The largest absolute Gasteiger partial charge is 0.508 e. The van der Waals surface area contributed by atoms with Crippen LogP contribution in [-0.2, 0) is 14.3 Å². The van der Waals surface area contributed by atoms with Gasteiger partial charge in [-0.3, -0.25) is 9.59 Å². The topological polar surface area (TPSA) is 108 Å². The first-order chi connectivity index (χ1) is 16.4. The molecule has 0 radical (unpaired) electrons. The average Bonchev–Trinajstić information content (AvgIpc) is 2.74. The van der Waals surface area contributed by atoms with Gasteiger partial charge in [-0.2, -0.15) is 12.6 Å². The molecule has 3 amide bonds. The quantitative estimate of drug-likeness (QED) is 0.230. The van der Waals surface area contributed by atoms with Gasteiger partial charge in [0.15, 0.2) is 0 Å². The normalized spacial score (nSPS) is 13.1. The molecule has 1 aromatic rings. The molecule has 35 heavy (non-hydrogen) atoms. The molecule has 0 fully saturated rings.